The van der Waals surface area contributed by atoms with Crippen LogP contribution in [-0.4, -0.2) is 33.4 Å². The van der Waals surface area contributed by atoms with Crippen molar-refractivity contribution in [2.75, 3.05) is 24.2 Å². The van der Waals surface area contributed by atoms with E-state index in [1.807, 2.05) is 0 Å². The zero-order valence-corrected chi connectivity index (χ0v) is 10.1. The van der Waals surface area contributed by atoms with Crippen LogP contribution < -0.4 is 10.0 Å². The van der Waals surface area contributed by atoms with Crippen molar-refractivity contribution >= 4 is 15.7 Å². The molecule has 16 heavy (non-hydrogen) atoms. The van der Waals surface area contributed by atoms with Crippen LogP contribution in [0.1, 0.15) is 11.7 Å². The van der Waals surface area contributed by atoms with E-state index in [2.05, 4.69) is 0 Å². The Kier molecular flexibility index (Phi) is 3.90. The number of benzene rings is 1. The van der Waals surface area contributed by atoms with Crippen molar-refractivity contribution in [1.82, 2.24) is 0 Å². The topological polar surface area (TPSA) is 83.6 Å². The first-order chi connectivity index (χ1) is 7.36. The molecule has 0 fully saturated rings. The molecular formula is C10H16N2O3S. The highest BCUT2D eigenvalue weighted by molar-refractivity contribution is 7.92. The number of sulfonamides is 1. The van der Waals surface area contributed by atoms with Gasteiger partial charge in [-0.2, -0.15) is 0 Å². The van der Waals surface area contributed by atoms with E-state index >= 15 is 0 Å². The van der Waals surface area contributed by atoms with Crippen molar-refractivity contribution in [3.05, 3.63) is 29.8 Å². The Hall–Kier alpha value is -1.11. The normalized spacial score (nSPS) is 13.5. The molecule has 1 rings (SSSR count). The minimum atomic E-state index is -3.28. The number of aliphatic hydroxyl groups is 1. The summed E-state index contributed by atoms with van der Waals surface area (Å²) in [5.41, 5.74) is 6.45. The molecule has 1 aromatic carbocycles. The highest BCUT2D eigenvalue weighted by Gasteiger charge is 2.13. The van der Waals surface area contributed by atoms with Gasteiger partial charge in [0.15, 0.2) is 0 Å². The number of anilines is 1. The summed E-state index contributed by atoms with van der Waals surface area (Å²) >= 11 is 0. The lowest BCUT2D eigenvalue weighted by molar-refractivity contribution is 0.187. The lowest BCUT2D eigenvalue weighted by Gasteiger charge is -2.18. The summed E-state index contributed by atoms with van der Waals surface area (Å²) in [6.07, 6.45) is 0.354. The number of rotatable bonds is 4. The SMILES string of the molecule is CN(c1cccc(C(O)CN)c1)S(C)(=O)=O. The van der Waals surface area contributed by atoms with Crippen LogP contribution in [0.15, 0.2) is 24.3 Å². The van der Waals surface area contributed by atoms with Crippen LogP contribution in [0.4, 0.5) is 5.69 Å². The van der Waals surface area contributed by atoms with Crippen molar-refractivity contribution in [2.24, 2.45) is 5.73 Å². The van der Waals surface area contributed by atoms with Crippen LogP contribution in [0.3, 0.4) is 0 Å². The summed E-state index contributed by atoms with van der Waals surface area (Å²) in [6, 6.07) is 6.66. The summed E-state index contributed by atoms with van der Waals surface area (Å²) in [7, 11) is -1.82. The van der Waals surface area contributed by atoms with Crippen LogP contribution >= 0.6 is 0 Å². The molecule has 0 bridgehead atoms. The highest BCUT2D eigenvalue weighted by Crippen LogP contribution is 2.20. The molecule has 6 heteroatoms. The number of nitrogens with two attached hydrogens (primary N) is 1. The van der Waals surface area contributed by atoms with Gasteiger partial charge < -0.3 is 10.8 Å². The molecule has 5 nitrogen and oxygen atoms in total. The summed E-state index contributed by atoms with van der Waals surface area (Å²) in [5.74, 6) is 0. The molecule has 0 aliphatic rings. The van der Waals surface area contributed by atoms with Crippen LogP contribution in [-0.2, 0) is 10.0 Å². The Labute approximate surface area is 95.5 Å². The van der Waals surface area contributed by atoms with E-state index in [4.69, 9.17) is 5.73 Å². The lowest BCUT2D eigenvalue weighted by Crippen LogP contribution is -2.25. The maximum absolute atomic E-state index is 11.3. The fourth-order valence-corrected chi connectivity index (χ4v) is 1.75. The molecule has 0 amide bonds. The Morgan fingerprint density at radius 1 is 1.50 bits per heavy atom. The summed E-state index contributed by atoms with van der Waals surface area (Å²) < 4.78 is 23.8. The third-order valence-corrected chi connectivity index (χ3v) is 3.55. The second kappa shape index (κ2) is 4.82. The lowest BCUT2D eigenvalue weighted by atomic mass is 10.1. The third-order valence-electron chi connectivity index (χ3n) is 2.34. The molecule has 0 spiro atoms. The second-order valence-electron chi connectivity index (χ2n) is 3.58. The van der Waals surface area contributed by atoms with Crippen molar-refractivity contribution in [3.63, 3.8) is 0 Å². The highest BCUT2D eigenvalue weighted by atomic mass is 32.2. The number of aliphatic hydroxyl groups excluding tert-OH is 1. The predicted octanol–water partition coefficient (Wildman–Crippen LogP) is 0.0745. The maximum atomic E-state index is 11.3. The van der Waals surface area contributed by atoms with Gasteiger partial charge in [-0.25, -0.2) is 8.42 Å². The van der Waals surface area contributed by atoms with Gasteiger partial charge in [-0.15, -0.1) is 0 Å². The quantitative estimate of drug-likeness (QED) is 0.785. The van der Waals surface area contributed by atoms with Gasteiger partial charge in [0.2, 0.25) is 10.0 Å². The molecule has 0 heterocycles. The molecule has 0 aliphatic carbocycles. The minimum absolute atomic E-state index is 0.103. The van der Waals surface area contributed by atoms with Gasteiger partial charge in [0.05, 0.1) is 18.0 Å². The van der Waals surface area contributed by atoms with Crippen LogP contribution in [0.5, 0.6) is 0 Å². The first kappa shape index (κ1) is 13.0. The molecule has 0 radical (unpaired) electrons. The number of hydrogen-bond acceptors (Lipinski definition) is 4. The average molecular weight is 244 g/mol. The van der Waals surface area contributed by atoms with Gasteiger partial charge >= 0.3 is 0 Å². The average Bonchev–Trinajstić information content (AvgIpc) is 2.26. The van der Waals surface area contributed by atoms with Gasteiger partial charge in [-0.05, 0) is 17.7 Å². The zero-order chi connectivity index (χ0) is 12.3. The summed E-state index contributed by atoms with van der Waals surface area (Å²) in [6.45, 7) is 0.103. The second-order valence-corrected chi connectivity index (χ2v) is 5.59. The number of nitrogens with zero attached hydrogens (tertiary/aromatic N) is 1. The smallest absolute Gasteiger partial charge is 0.231 e. The largest absolute Gasteiger partial charge is 0.387 e. The van der Waals surface area contributed by atoms with Crippen LogP contribution in [0.2, 0.25) is 0 Å². The minimum Gasteiger partial charge on any atom is -0.387 e. The first-order valence-corrected chi connectivity index (χ1v) is 6.63. The van der Waals surface area contributed by atoms with Crippen molar-refractivity contribution < 1.29 is 13.5 Å². The van der Waals surface area contributed by atoms with Gasteiger partial charge in [-0.1, -0.05) is 12.1 Å². The van der Waals surface area contributed by atoms with Gasteiger partial charge in [0, 0.05) is 13.6 Å². The van der Waals surface area contributed by atoms with E-state index < -0.39 is 16.1 Å². The fraction of sp³-hybridized carbons (Fsp3) is 0.400. The Morgan fingerprint density at radius 2 is 2.12 bits per heavy atom. The molecule has 0 saturated carbocycles. The Balaban J connectivity index is 3.08. The van der Waals surface area contributed by atoms with Gasteiger partial charge in [0.1, 0.15) is 0 Å². The first-order valence-electron chi connectivity index (χ1n) is 4.78. The van der Waals surface area contributed by atoms with E-state index in [-0.39, 0.29) is 6.54 Å². The Morgan fingerprint density at radius 3 is 2.62 bits per heavy atom. The molecule has 0 aromatic heterocycles. The molecule has 0 saturated heterocycles. The van der Waals surface area contributed by atoms with Crippen LogP contribution in [0, 0.1) is 0 Å². The summed E-state index contributed by atoms with van der Waals surface area (Å²) in [4.78, 5) is 0. The van der Waals surface area contributed by atoms with Crippen molar-refractivity contribution in [3.8, 4) is 0 Å². The van der Waals surface area contributed by atoms with Crippen molar-refractivity contribution in [2.45, 2.75) is 6.10 Å². The van der Waals surface area contributed by atoms with E-state index in [1.165, 1.54) is 7.05 Å². The molecule has 90 valence electrons. The van der Waals surface area contributed by atoms with Crippen molar-refractivity contribution in [1.29, 1.82) is 0 Å². The molecule has 3 N–H and O–H groups in total. The third kappa shape index (κ3) is 2.94. The predicted molar refractivity (Wildman–Crippen MR) is 63.7 cm³/mol. The molecule has 0 aliphatic heterocycles. The van der Waals surface area contributed by atoms with Gasteiger partial charge in [-0.3, -0.25) is 4.31 Å². The maximum Gasteiger partial charge on any atom is 0.231 e. The molecular weight excluding hydrogens is 228 g/mol. The molecule has 1 atom stereocenters. The molecule has 1 unspecified atom stereocenters. The van der Waals surface area contributed by atoms with E-state index in [0.717, 1.165) is 10.6 Å². The standard InChI is InChI=1S/C10H16N2O3S/c1-12(16(2,14)15)9-5-3-4-8(6-9)10(13)7-11/h3-6,10,13H,7,11H2,1-2H3. The van der Waals surface area contributed by atoms with E-state index in [9.17, 15) is 13.5 Å². The zero-order valence-electron chi connectivity index (χ0n) is 9.29. The molecule has 1 aromatic rings. The van der Waals surface area contributed by atoms with Crippen LogP contribution in [0.25, 0.3) is 0 Å². The van der Waals surface area contributed by atoms with Gasteiger partial charge in [0.25, 0.3) is 0 Å². The van der Waals surface area contributed by atoms with E-state index in [0.29, 0.717) is 11.3 Å². The fourth-order valence-electron chi connectivity index (χ4n) is 1.26. The Bertz CT molecular complexity index is 459. The monoisotopic (exact) mass is 244 g/mol. The summed E-state index contributed by atoms with van der Waals surface area (Å²) in [5, 5.41) is 9.55. The van der Waals surface area contributed by atoms with E-state index in [1.54, 1.807) is 24.3 Å². The number of hydrogen-bond donors (Lipinski definition) is 2.